The van der Waals surface area contributed by atoms with Gasteiger partial charge in [-0.2, -0.15) is 0 Å². The maximum Gasteiger partial charge on any atom is 0.310 e. The lowest BCUT2D eigenvalue weighted by Crippen LogP contribution is -2.46. The van der Waals surface area contributed by atoms with Crippen molar-refractivity contribution in [1.29, 1.82) is 0 Å². The van der Waals surface area contributed by atoms with Crippen LogP contribution < -0.4 is 4.74 Å². The zero-order chi connectivity index (χ0) is 17.9. The third-order valence-electron chi connectivity index (χ3n) is 3.64. The summed E-state index contributed by atoms with van der Waals surface area (Å²) in [5.74, 6) is -0.992. The first-order valence-electron chi connectivity index (χ1n) is 7.55. The molecule has 1 saturated heterocycles. The number of aliphatic carboxylic acids is 1. The largest absolute Gasteiger partial charge is 0.491 e. The fourth-order valence-electron chi connectivity index (χ4n) is 2.55. The molecule has 4 N–H and O–H groups in total. The highest BCUT2D eigenvalue weighted by Crippen LogP contribution is 2.21. The molecule has 0 amide bonds. The fourth-order valence-corrected chi connectivity index (χ4v) is 2.55. The van der Waals surface area contributed by atoms with Gasteiger partial charge in [0.15, 0.2) is 0 Å². The van der Waals surface area contributed by atoms with Crippen LogP contribution >= 0.6 is 0 Å². The molecule has 0 aromatic heterocycles. The van der Waals surface area contributed by atoms with Gasteiger partial charge in [0.25, 0.3) is 6.47 Å². The summed E-state index contributed by atoms with van der Waals surface area (Å²) in [5, 5.41) is 34.5. The smallest absolute Gasteiger partial charge is 0.310 e. The zero-order valence-electron chi connectivity index (χ0n) is 13.2. The molecule has 1 heterocycles. The van der Waals surface area contributed by atoms with Gasteiger partial charge in [-0.3, -0.25) is 14.5 Å². The number of carboxylic acids is 1. The molecule has 1 aliphatic heterocycles. The zero-order valence-corrected chi connectivity index (χ0v) is 13.2. The summed E-state index contributed by atoms with van der Waals surface area (Å²) in [6.45, 7) is 1.60. The van der Waals surface area contributed by atoms with E-state index in [1.165, 1.54) is 0 Å². The van der Waals surface area contributed by atoms with E-state index in [1.54, 1.807) is 0 Å². The number of ether oxygens (including phenoxy) is 1. The molecule has 1 aromatic carbocycles. The summed E-state index contributed by atoms with van der Waals surface area (Å²) in [7, 11) is 0. The number of rotatable bonds is 6. The number of likely N-dealkylation sites (tertiary alicyclic amines) is 1. The molecule has 0 saturated carbocycles. The number of carbonyl (C=O) groups is 2. The number of piperidine rings is 1. The Morgan fingerprint density at radius 2 is 2.12 bits per heavy atom. The van der Waals surface area contributed by atoms with Gasteiger partial charge in [0.2, 0.25) is 0 Å². The second kappa shape index (κ2) is 10.6. The minimum Gasteiger partial charge on any atom is -0.491 e. The molecule has 1 fully saturated rings. The molecule has 1 aromatic rings. The van der Waals surface area contributed by atoms with E-state index < -0.39 is 18.0 Å². The molecule has 2 rings (SSSR count). The first kappa shape index (κ1) is 19.9. The van der Waals surface area contributed by atoms with Crippen LogP contribution in [0.1, 0.15) is 12.0 Å². The van der Waals surface area contributed by atoms with Gasteiger partial charge in [-0.05, 0) is 24.1 Å². The first-order chi connectivity index (χ1) is 11.5. The predicted octanol–water partition coefficient (Wildman–Crippen LogP) is 0.0259. The molecule has 24 heavy (non-hydrogen) atoms. The maximum absolute atomic E-state index is 11.1. The van der Waals surface area contributed by atoms with Crippen LogP contribution in [0.4, 0.5) is 0 Å². The van der Waals surface area contributed by atoms with E-state index in [-0.39, 0.29) is 19.7 Å². The van der Waals surface area contributed by atoms with E-state index in [0.29, 0.717) is 31.8 Å². The van der Waals surface area contributed by atoms with Crippen molar-refractivity contribution in [3.8, 4) is 5.75 Å². The molecule has 1 aliphatic rings. The molecule has 134 valence electrons. The van der Waals surface area contributed by atoms with E-state index in [4.69, 9.17) is 24.9 Å². The van der Waals surface area contributed by atoms with Gasteiger partial charge in [0, 0.05) is 19.6 Å². The van der Waals surface area contributed by atoms with Gasteiger partial charge < -0.3 is 25.2 Å². The van der Waals surface area contributed by atoms with Gasteiger partial charge in [-0.25, -0.2) is 0 Å². The molecular weight excluding hydrogens is 318 g/mol. The minimum absolute atomic E-state index is 0.0332. The molecule has 0 unspecified atom stereocenters. The molecular formula is C16H23NO7. The summed E-state index contributed by atoms with van der Waals surface area (Å²) < 4.78 is 5.36. The van der Waals surface area contributed by atoms with Gasteiger partial charge in [-0.15, -0.1) is 0 Å². The highest BCUT2D eigenvalue weighted by atomic mass is 16.5. The Hall–Kier alpha value is -2.16. The maximum atomic E-state index is 11.1. The number of carboxylic acid groups (broad SMARTS) is 2. The second-order valence-corrected chi connectivity index (χ2v) is 5.36. The minimum atomic E-state index is -0.952. The number of hydrogen-bond donors (Lipinski definition) is 4. The van der Waals surface area contributed by atoms with Gasteiger partial charge in [0.1, 0.15) is 12.4 Å². The number of nitrogens with zero attached hydrogens (tertiary/aromatic N) is 1. The van der Waals surface area contributed by atoms with Crippen LogP contribution in [0, 0.1) is 5.92 Å². The average molecular weight is 341 g/mol. The van der Waals surface area contributed by atoms with Crippen LogP contribution in [0.5, 0.6) is 5.75 Å². The number of aliphatic hydroxyl groups is 2. The lowest BCUT2D eigenvalue weighted by Gasteiger charge is -2.34. The summed E-state index contributed by atoms with van der Waals surface area (Å²) in [5.41, 5.74) is 1.02. The Morgan fingerprint density at radius 1 is 1.42 bits per heavy atom. The predicted molar refractivity (Wildman–Crippen MR) is 84.7 cm³/mol. The topological polar surface area (TPSA) is 128 Å². The summed E-state index contributed by atoms with van der Waals surface area (Å²) in [6.07, 6.45) is -0.296. The van der Waals surface area contributed by atoms with Crippen molar-refractivity contribution >= 4 is 12.4 Å². The molecule has 8 nitrogen and oxygen atoms in total. The highest BCUT2D eigenvalue weighted by Gasteiger charge is 2.32. The molecule has 0 aliphatic carbocycles. The van der Waals surface area contributed by atoms with E-state index in [2.05, 4.69) is 0 Å². The number of benzene rings is 1. The van der Waals surface area contributed by atoms with Crippen LogP contribution in [0.25, 0.3) is 0 Å². The Bertz CT molecular complexity index is 523. The quantitative estimate of drug-likeness (QED) is 0.534. The molecule has 2 atom stereocenters. The van der Waals surface area contributed by atoms with Crippen LogP contribution in [0.3, 0.4) is 0 Å². The van der Waals surface area contributed by atoms with Crippen LogP contribution in [0.2, 0.25) is 0 Å². The van der Waals surface area contributed by atoms with Crippen molar-refractivity contribution in [2.24, 2.45) is 5.92 Å². The van der Waals surface area contributed by atoms with Crippen molar-refractivity contribution in [3.63, 3.8) is 0 Å². The second-order valence-electron chi connectivity index (χ2n) is 5.36. The van der Waals surface area contributed by atoms with Crippen molar-refractivity contribution in [1.82, 2.24) is 4.90 Å². The lowest BCUT2D eigenvalue weighted by molar-refractivity contribution is -0.149. The molecule has 0 radical (unpaired) electrons. The van der Waals surface area contributed by atoms with E-state index in [0.717, 1.165) is 5.56 Å². The standard InChI is InChI=1S/C15H21NO5.CH2O2/c17-6-7-21-12-3-1-2-11(8-12)9-16-5-4-14(18)13(10-16)15(19)20;2-1-3/h1-3,8,13-14,17-18H,4-7,9-10H2,(H,19,20);1H,(H,2,3)/t13-,14+;/m1./s1. The van der Waals surface area contributed by atoms with Crippen molar-refractivity contribution in [2.45, 2.75) is 19.1 Å². The van der Waals surface area contributed by atoms with Crippen LogP contribution in [0.15, 0.2) is 24.3 Å². The third kappa shape index (κ3) is 6.53. The summed E-state index contributed by atoms with van der Waals surface area (Å²) in [4.78, 5) is 21.5. The number of hydrogen-bond acceptors (Lipinski definition) is 6. The third-order valence-corrected chi connectivity index (χ3v) is 3.64. The van der Waals surface area contributed by atoms with Crippen molar-refractivity contribution < 1.29 is 34.8 Å². The van der Waals surface area contributed by atoms with Crippen LogP contribution in [-0.4, -0.2) is 70.2 Å². The summed E-state index contributed by atoms with van der Waals surface area (Å²) >= 11 is 0. The van der Waals surface area contributed by atoms with Gasteiger partial charge in [0.05, 0.1) is 18.6 Å². The molecule has 0 bridgehead atoms. The van der Waals surface area contributed by atoms with Crippen molar-refractivity contribution in [3.05, 3.63) is 29.8 Å². The van der Waals surface area contributed by atoms with Gasteiger partial charge >= 0.3 is 5.97 Å². The highest BCUT2D eigenvalue weighted by molar-refractivity contribution is 5.71. The first-order valence-corrected chi connectivity index (χ1v) is 7.55. The lowest BCUT2D eigenvalue weighted by atomic mass is 9.94. The SMILES string of the molecule is O=C(O)[C@@H]1CN(Cc2cccc(OCCO)c2)CC[C@@H]1O.O=CO. The molecule has 0 spiro atoms. The Kier molecular flexibility index (Phi) is 8.77. The van der Waals surface area contributed by atoms with E-state index >= 15 is 0 Å². The molecule has 8 heteroatoms. The van der Waals surface area contributed by atoms with Crippen molar-refractivity contribution in [2.75, 3.05) is 26.3 Å². The number of aliphatic hydroxyl groups excluding tert-OH is 2. The Morgan fingerprint density at radius 3 is 2.75 bits per heavy atom. The monoisotopic (exact) mass is 341 g/mol. The average Bonchev–Trinajstić information content (AvgIpc) is 2.55. The Balaban J connectivity index is 0.000000891. The van der Waals surface area contributed by atoms with E-state index in [9.17, 15) is 9.90 Å². The Labute approximate surface area is 139 Å². The van der Waals surface area contributed by atoms with E-state index in [1.807, 2.05) is 29.2 Å². The van der Waals surface area contributed by atoms with Gasteiger partial charge in [-0.1, -0.05) is 12.1 Å². The summed E-state index contributed by atoms with van der Waals surface area (Å²) in [6, 6.07) is 7.53. The fraction of sp³-hybridized carbons (Fsp3) is 0.500. The normalized spacial score (nSPS) is 20.6. The van der Waals surface area contributed by atoms with Crippen LogP contribution in [-0.2, 0) is 16.1 Å².